The van der Waals surface area contributed by atoms with Gasteiger partial charge in [-0.05, 0) is 79.3 Å². The van der Waals surface area contributed by atoms with Crippen LogP contribution in [-0.4, -0.2) is 169 Å². The number of rotatable bonds is 38. The summed E-state index contributed by atoms with van der Waals surface area (Å²) in [6.07, 6.45) is 8.20. The SMILES string of the molecule is CC(CC(C)(C)CC(C(=O)O)C(C(=O)NCCNC(=O)CCCCC1CCSS1)C(C)(C)CC(C(=O)NCCC[N+](C)(C)CCCS(=O)(=O)[O-])C(C(=O)O)C(C)(C)C)C(=O)NCCNC(=O)CCCCC1SCC2CC(=O)NC21. The number of nitrogens with zero attached hydrogens (tertiary/aromatic N) is 1. The summed E-state index contributed by atoms with van der Waals surface area (Å²) >= 11 is 1.89. The van der Waals surface area contributed by atoms with Crippen LogP contribution in [-0.2, 0) is 48.5 Å². The Kier molecular flexibility index (Phi) is 28.8. The normalized spacial score (nSPS) is 20.7. The van der Waals surface area contributed by atoms with Gasteiger partial charge < -0.3 is 51.1 Å². The van der Waals surface area contributed by atoms with Gasteiger partial charge >= 0.3 is 11.9 Å². The molecular weight excluding hydrogens is 1090 g/mol. The Morgan fingerprint density at radius 3 is 1.84 bits per heavy atom. The van der Waals surface area contributed by atoms with Crippen LogP contribution in [0.25, 0.3) is 0 Å². The predicted molar refractivity (Wildman–Crippen MR) is 312 cm³/mol. The van der Waals surface area contributed by atoms with Gasteiger partial charge in [-0.15, -0.1) is 0 Å². The number of hydrogen-bond donors (Lipinski definition) is 8. The number of carboxylic acid groups (broad SMARTS) is 2. The van der Waals surface area contributed by atoms with Gasteiger partial charge in [0.2, 0.25) is 35.4 Å². The summed E-state index contributed by atoms with van der Waals surface area (Å²) in [7, 11) is 3.14. The third-order valence-corrected chi connectivity index (χ3v) is 21.1. The minimum Gasteiger partial charge on any atom is -0.748 e. The van der Waals surface area contributed by atoms with Crippen molar-refractivity contribution in [1.82, 2.24) is 31.9 Å². The van der Waals surface area contributed by atoms with Crippen molar-refractivity contribution in [2.24, 2.45) is 51.8 Å². The van der Waals surface area contributed by atoms with E-state index in [0.29, 0.717) is 66.1 Å². The van der Waals surface area contributed by atoms with Crippen LogP contribution in [0, 0.1) is 51.8 Å². The molecule has 0 aromatic carbocycles. The molecule has 454 valence electrons. The lowest BCUT2D eigenvalue weighted by Gasteiger charge is -2.43. The number of fused-ring (bicyclic) bond motifs is 1. The van der Waals surface area contributed by atoms with E-state index in [1.165, 1.54) is 6.42 Å². The topological polar surface area (TPSA) is 306 Å². The molecule has 3 aliphatic heterocycles. The summed E-state index contributed by atoms with van der Waals surface area (Å²) in [6.45, 7) is 15.3. The molecule has 9 atom stereocenters. The van der Waals surface area contributed by atoms with Gasteiger partial charge in [-0.3, -0.25) is 38.4 Å². The number of carbonyl (C=O) groups is 8. The average molecular weight is 1190 g/mol. The Hall–Kier alpha value is -3.32. The molecule has 3 aliphatic rings. The quantitative estimate of drug-likeness (QED) is 0.0166. The molecule has 3 saturated heterocycles. The highest BCUT2D eigenvalue weighted by molar-refractivity contribution is 8.77. The maximum absolute atomic E-state index is 14.7. The first-order chi connectivity index (χ1) is 36.7. The molecule has 9 unspecified atom stereocenters. The van der Waals surface area contributed by atoms with Gasteiger partial charge in [0.1, 0.15) is 0 Å². The van der Waals surface area contributed by atoms with Crippen LogP contribution in [0.15, 0.2) is 0 Å². The lowest BCUT2D eigenvalue weighted by atomic mass is 9.60. The van der Waals surface area contributed by atoms with E-state index in [1.807, 2.05) is 61.3 Å². The van der Waals surface area contributed by atoms with Crippen molar-refractivity contribution in [3.63, 3.8) is 0 Å². The van der Waals surface area contributed by atoms with E-state index in [4.69, 9.17) is 0 Å². The van der Waals surface area contributed by atoms with E-state index in [0.717, 1.165) is 43.6 Å². The lowest BCUT2D eigenvalue weighted by Crippen LogP contribution is -2.51. The van der Waals surface area contributed by atoms with E-state index in [-0.39, 0.29) is 88.1 Å². The van der Waals surface area contributed by atoms with Crippen LogP contribution in [0.5, 0.6) is 0 Å². The van der Waals surface area contributed by atoms with E-state index < -0.39 is 85.5 Å². The molecule has 3 fully saturated rings. The number of carboxylic acids is 2. The number of carbonyl (C=O) groups excluding carboxylic acids is 6. The largest absolute Gasteiger partial charge is 0.748 e. The highest BCUT2D eigenvalue weighted by Gasteiger charge is 2.51. The third-order valence-electron chi connectivity index (χ3n) is 15.8. The molecule has 0 aromatic rings. The van der Waals surface area contributed by atoms with E-state index in [2.05, 4.69) is 31.9 Å². The Balaban J connectivity index is 1.73. The number of unbranched alkanes of at least 4 members (excludes halogenated alkanes) is 2. The van der Waals surface area contributed by atoms with Crippen LogP contribution in [0.2, 0.25) is 0 Å². The third kappa shape index (κ3) is 25.8. The molecular formula is C55H97N7O13S4. The van der Waals surface area contributed by atoms with Gasteiger partial charge in [-0.2, -0.15) is 11.8 Å². The highest BCUT2D eigenvalue weighted by atomic mass is 33.1. The summed E-state index contributed by atoms with van der Waals surface area (Å²) in [5, 5.41) is 40.3. The van der Waals surface area contributed by atoms with Gasteiger partial charge in [0.25, 0.3) is 0 Å². The van der Waals surface area contributed by atoms with Gasteiger partial charge in [-0.1, -0.05) is 89.8 Å². The van der Waals surface area contributed by atoms with Gasteiger partial charge in [0.15, 0.2) is 0 Å². The van der Waals surface area contributed by atoms with Crippen LogP contribution >= 0.6 is 33.3 Å². The molecule has 8 N–H and O–H groups in total. The highest BCUT2D eigenvalue weighted by Crippen LogP contribution is 2.48. The molecule has 6 amide bonds. The fourth-order valence-corrected chi connectivity index (χ4v) is 17.0. The number of hydrogen-bond acceptors (Lipinski definition) is 14. The molecule has 0 bridgehead atoms. The maximum atomic E-state index is 14.7. The fourth-order valence-electron chi connectivity index (χ4n) is 11.9. The second-order valence-electron chi connectivity index (χ2n) is 25.6. The van der Waals surface area contributed by atoms with E-state index in [1.54, 1.807) is 41.5 Å². The van der Waals surface area contributed by atoms with E-state index >= 15 is 0 Å². The zero-order valence-electron chi connectivity index (χ0n) is 48.8. The Labute approximate surface area is 483 Å². The molecule has 0 saturated carbocycles. The summed E-state index contributed by atoms with van der Waals surface area (Å²) in [6, 6.07) is 0.224. The summed E-state index contributed by atoms with van der Waals surface area (Å²) in [5.41, 5.74) is -3.17. The van der Waals surface area contributed by atoms with Crippen molar-refractivity contribution < 1.29 is 66.0 Å². The molecule has 0 aromatic heterocycles. The number of amides is 6. The van der Waals surface area contributed by atoms with Crippen LogP contribution in [0.3, 0.4) is 0 Å². The summed E-state index contributed by atoms with van der Waals surface area (Å²) in [4.78, 5) is 107. The smallest absolute Gasteiger partial charge is 0.307 e. The van der Waals surface area contributed by atoms with Gasteiger partial charge in [-0.25, -0.2) is 8.42 Å². The maximum Gasteiger partial charge on any atom is 0.307 e. The van der Waals surface area contributed by atoms with Crippen LogP contribution < -0.4 is 31.9 Å². The van der Waals surface area contributed by atoms with Crippen molar-refractivity contribution in [1.29, 1.82) is 0 Å². The molecule has 20 nitrogen and oxygen atoms in total. The minimum absolute atomic E-state index is 0.0198. The Bertz CT molecular complexity index is 2150. The second kappa shape index (κ2) is 32.5. The monoisotopic (exact) mass is 1190 g/mol. The average Bonchev–Trinajstić information content (AvgIpc) is 4.07. The Morgan fingerprint density at radius 1 is 0.709 bits per heavy atom. The lowest BCUT2D eigenvalue weighted by molar-refractivity contribution is -0.890. The van der Waals surface area contributed by atoms with Crippen molar-refractivity contribution in [2.75, 3.05) is 77.2 Å². The van der Waals surface area contributed by atoms with Gasteiger partial charge in [0.05, 0.1) is 61.0 Å². The number of aliphatic carboxylic acids is 2. The molecule has 79 heavy (non-hydrogen) atoms. The van der Waals surface area contributed by atoms with Gasteiger partial charge in [0, 0.05) is 98.8 Å². The Morgan fingerprint density at radius 2 is 1.28 bits per heavy atom. The van der Waals surface area contributed by atoms with Crippen molar-refractivity contribution in [2.45, 2.75) is 168 Å². The molecule has 0 spiro atoms. The standard InChI is InChI=1S/C55H97N7O13S4/c1-36(48(66)59-25-23-56-43(64)20-14-12-18-41-47-37(35-76-41)31-44(65)61-47)32-54(5,6)33-40(51(69)70)45(50(68)60-26-24-57-42(63)19-13-11-17-38-21-29-77-78-38)55(7,8)34-39(46(52(71)72)53(2,3)4)49(67)58-22-15-27-62(9,10)28-16-30-79(73,74)75/h36-41,45-47H,11-35H2,1-10H3,(H8-,56,57,58,59,60,61,63,64,65,66,67,68,69,70,71,72,73,74,75). The first kappa shape index (κ1) is 69.9. The number of quaternary nitrogens is 1. The molecule has 24 heteroatoms. The number of nitrogens with one attached hydrogen (secondary N) is 6. The number of thioether (sulfide) groups is 1. The van der Waals surface area contributed by atoms with Crippen LogP contribution in [0.1, 0.15) is 152 Å². The summed E-state index contributed by atoms with van der Waals surface area (Å²) in [5.74, 6) is -7.99. The van der Waals surface area contributed by atoms with Crippen molar-refractivity contribution >= 4 is 90.8 Å². The first-order valence-corrected chi connectivity index (χ1v) is 33.5. The van der Waals surface area contributed by atoms with Crippen molar-refractivity contribution in [3.05, 3.63) is 0 Å². The second-order valence-corrected chi connectivity index (χ2v) is 31.1. The van der Waals surface area contributed by atoms with E-state index in [9.17, 15) is 61.5 Å². The molecule has 0 aliphatic carbocycles. The molecule has 3 heterocycles. The van der Waals surface area contributed by atoms with Crippen molar-refractivity contribution in [3.8, 4) is 0 Å². The van der Waals surface area contributed by atoms with Crippen LogP contribution in [0.4, 0.5) is 0 Å². The zero-order valence-corrected chi connectivity index (χ0v) is 52.1. The fraction of sp³-hybridized carbons (Fsp3) is 0.855. The zero-order chi connectivity index (χ0) is 59.4. The predicted octanol–water partition coefficient (Wildman–Crippen LogP) is 5.40. The molecule has 3 rings (SSSR count). The molecule has 0 radical (unpaired) electrons. The minimum atomic E-state index is -4.37. The first-order valence-electron chi connectivity index (χ1n) is 28.5. The summed E-state index contributed by atoms with van der Waals surface area (Å²) < 4.78 is 33.9.